The summed E-state index contributed by atoms with van der Waals surface area (Å²) in [7, 11) is -2.97. The molecule has 10 heteroatoms. The molecule has 1 aromatic heterocycles. The third kappa shape index (κ3) is 4.71. The van der Waals surface area contributed by atoms with Gasteiger partial charge in [-0.1, -0.05) is 6.42 Å². The Morgan fingerprint density at radius 1 is 1.28 bits per heavy atom. The van der Waals surface area contributed by atoms with Gasteiger partial charge in [-0.2, -0.15) is 0 Å². The lowest BCUT2D eigenvalue weighted by atomic mass is 10.0. The summed E-state index contributed by atoms with van der Waals surface area (Å²) in [6.07, 6.45) is 3.74. The largest absolute Gasteiger partial charge is 0.349 e. The molecule has 1 saturated carbocycles. The summed E-state index contributed by atoms with van der Waals surface area (Å²) in [5.74, 6) is 1.41. The van der Waals surface area contributed by atoms with Crippen LogP contribution in [0.1, 0.15) is 47.9 Å². The van der Waals surface area contributed by atoms with Crippen molar-refractivity contribution in [3.8, 4) is 0 Å². The first-order chi connectivity index (χ1) is 12.9. The van der Waals surface area contributed by atoms with Crippen LogP contribution in [0.4, 0.5) is 0 Å². The third-order valence-electron chi connectivity index (χ3n) is 5.98. The predicted octanol–water partition coefficient (Wildman–Crippen LogP) is 2.41. The number of sulfone groups is 1. The van der Waals surface area contributed by atoms with Crippen LogP contribution >= 0.6 is 24.8 Å². The molecule has 3 atom stereocenters. The highest BCUT2D eigenvalue weighted by atomic mass is 35.5. The number of aromatic nitrogens is 2. The summed E-state index contributed by atoms with van der Waals surface area (Å²) in [5, 5.41) is 3.12. The number of halogens is 2. The number of benzene rings is 1. The summed E-state index contributed by atoms with van der Waals surface area (Å²) in [6, 6.07) is 5.53. The van der Waals surface area contributed by atoms with Crippen LogP contribution in [0.15, 0.2) is 18.2 Å². The average Bonchev–Trinajstić information content (AvgIpc) is 3.30. The Bertz CT molecular complexity index is 993. The minimum Gasteiger partial charge on any atom is -0.349 e. The second-order valence-electron chi connectivity index (χ2n) is 7.80. The second kappa shape index (κ2) is 9.20. The predicted molar refractivity (Wildman–Crippen MR) is 119 cm³/mol. The molecule has 29 heavy (non-hydrogen) atoms. The van der Waals surface area contributed by atoms with Crippen LogP contribution in [-0.4, -0.2) is 48.0 Å². The van der Waals surface area contributed by atoms with Gasteiger partial charge in [0.2, 0.25) is 0 Å². The standard InChI is InChI=1S/C19H26N4O3S.2ClH/c1-12-21-17-9-13(19(24)22-16-4-2-3-14(16)10-20)5-6-18(17)23(12)15-7-8-27(25,26)11-15;;/h5-6,9,14-16H,2-4,7-8,10-11,20H2,1H3,(H,22,24);2*1H. The maximum atomic E-state index is 12.7. The van der Waals surface area contributed by atoms with Gasteiger partial charge in [0.05, 0.1) is 28.6 Å². The number of hydrogen-bond acceptors (Lipinski definition) is 5. The van der Waals surface area contributed by atoms with Gasteiger partial charge in [0.15, 0.2) is 9.84 Å². The Hall–Kier alpha value is -1.35. The Morgan fingerprint density at radius 2 is 2.03 bits per heavy atom. The van der Waals surface area contributed by atoms with Crippen molar-refractivity contribution in [1.29, 1.82) is 0 Å². The molecule has 1 saturated heterocycles. The van der Waals surface area contributed by atoms with Gasteiger partial charge in [-0.05, 0) is 56.8 Å². The van der Waals surface area contributed by atoms with Gasteiger partial charge < -0.3 is 15.6 Å². The van der Waals surface area contributed by atoms with E-state index in [-0.39, 0.29) is 54.3 Å². The number of nitrogens with zero attached hydrogens (tertiary/aromatic N) is 2. The molecule has 4 rings (SSSR count). The molecule has 1 amide bonds. The van der Waals surface area contributed by atoms with E-state index in [1.165, 1.54) is 0 Å². The van der Waals surface area contributed by atoms with E-state index in [1.54, 1.807) is 12.1 Å². The van der Waals surface area contributed by atoms with E-state index < -0.39 is 9.84 Å². The first kappa shape index (κ1) is 23.9. The van der Waals surface area contributed by atoms with Crippen molar-refractivity contribution in [2.45, 2.75) is 44.7 Å². The lowest BCUT2D eigenvalue weighted by Gasteiger charge is -2.19. The maximum absolute atomic E-state index is 12.7. The van der Waals surface area contributed by atoms with Crippen LogP contribution < -0.4 is 11.1 Å². The van der Waals surface area contributed by atoms with Crippen molar-refractivity contribution in [3.63, 3.8) is 0 Å². The summed E-state index contributed by atoms with van der Waals surface area (Å²) >= 11 is 0. The number of imidazole rings is 1. The number of fused-ring (bicyclic) bond motifs is 1. The first-order valence-electron chi connectivity index (χ1n) is 9.58. The van der Waals surface area contributed by atoms with Gasteiger partial charge in [0.1, 0.15) is 5.82 Å². The molecular weight excluding hydrogens is 435 g/mol. The smallest absolute Gasteiger partial charge is 0.251 e. The van der Waals surface area contributed by atoms with E-state index in [9.17, 15) is 13.2 Å². The number of carbonyl (C=O) groups is 1. The molecule has 3 unspecified atom stereocenters. The van der Waals surface area contributed by atoms with E-state index in [4.69, 9.17) is 5.73 Å². The van der Waals surface area contributed by atoms with E-state index in [1.807, 2.05) is 17.6 Å². The number of nitrogens with two attached hydrogens (primary N) is 1. The third-order valence-corrected chi connectivity index (χ3v) is 7.73. The van der Waals surface area contributed by atoms with Gasteiger partial charge in [-0.15, -0.1) is 24.8 Å². The molecule has 0 radical (unpaired) electrons. The van der Waals surface area contributed by atoms with Gasteiger partial charge in [-0.25, -0.2) is 13.4 Å². The molecule has 7 nitrogen and oxygen atoms in total. The molecular formula is C19H28Cl2N4O3S. The molecule has 1 aliphatic heterocycles. The monoisotopic (exact) mass is 462 g/mol. The minimum atomic E-state index is -2.97. The SMILES string of the molecule is Cc1nc2cc(C(=O)NC3CCCC3CN)ccc2n1C1CCS(=O)(=O)C1.Cl.Cl. The highest BCUT2D eigenvalue weighted by Gasteiger charge is 2.31. The molecule has 2 fully saturated rings. The van der Waals surface area contributed by atoms with Gasteiger partial charge in [-0.3, -0.25) is 4.79 Å². The van der Waals surface area contributed by atoms with Crippen LogP contribution in [0.5, 0.6) is 0 Å². The fraction of sp³-hybridized carbons (Fsp3) is 0.579. The zero-order chi connectivity index (χ0) is 19.2. The number of hydrogen-bond donors (Lipinski definition) is 2. The van der Waals surface area contributed by atoms with Gasteiger partial charge in [0.25, 0.3) is 5.91 Å². The quantitative estimate of drug-likeness (QED) is 0.724. The number of aryl methyl sites for hydroxylation is 1. The average molecular weight is 463 g/mol. The molecule has 1 aromatic carbocycles. The van der Waals surface area contributed by atoms with E-state index in [2.05, 4.69) is 10.3 Å². The molecule has 1 aliphatic carbocycles. The number of nitrogens with one attached hydrogen (secondary N) is 1. The first-order valence-corrected chi connectivity index (χ1v) is 11.4. The van der Waals surface area contributed by atoms with E-state index >= 15 is 0 Å². The molecule has 0 spiro atoms. The zero-order valence-corrected chi connectivity index (χ0v) is 18.8. The summed E-state index contributed by atoms with van der Waals surface area (Å²) < 4.78 is 25.7. The Balaban J connectivity index is 0.00000150. The minimum absolute atomic E-state index is 0. The lowest BCUT2D eigenvalue weighted by Crippen LogP contribution is -2.39. The second-order valence-corrected chi connectivity index (χ2v) is 10.0. The molecule has 3 N–H and O–H groups in total. The molecule has 2 aliphatic rings. The lowest BCUT2D eigenvalue weighted by molar-refractivity contribution is 0.0929. The molecule has 2 heterocycles. The Labute approximate surface area is 183 Å². The summed E-state index contributed by atoms with van der Waals surface area (Å²) in [4.78, 5) is 17.3. The Morgan fingerprint density at radius 3 is 2.69 bits per heavy atom. The van der Waals surface area contributed by atoms with Gasteiger partial charge in [0, 0.05) is 11.6 Å². The summed E-state index contributed by atoms with van der Waals surface area (Å²) in [6.45, 7) is 2.48. The van der Waals surface area contributed by atoms with E-state index in [0.717, 1.165) is 36.1 Å². The number of rotatable bonds is 4. The van der Waals surface area contributed by atoms with Crippen LogP contribution in [0.3, 0.4) is 0 Å². The topological polar surface area (TPSA) is 107 Å². The van der Waals surface area contributed by atoms with Crippen molar-refractivity contribution >= 4 is 51.6 Å². The van der Waals surface area contributed by atoms with Crippen molar-refractivity contribution in [3.05, 3.63) is 29.6 Å². The van der Waals surface area contributed by atoms with Crippen molar-refractivity contribution in [2.24, 2.45) is 11.7 Å². The number of amides is 1. The van der Waals surface area contributed by atoms with Crippen molar-refractivity contribution < 1.29 is 13.2 Å². The molecule has 162 valence electrons. The van der Waals surface area contributed by atoms with Crippen LogP contribution in [0, 0.1) is 12.8 Å². The normalized spacial score (nSPS) is 25.4. The number of carbonyl (C=O) groups excluding carboxylic acids is 1. The highest BCUT2D eigenvalue weighted by molar-refractivity contribution is 7.91. The van der Waals surface area contributed by atoms with Crippen LogP contribution in [0.2, 0.25) is 0 Å². The van der Waals surface area contributed by atoms with Crippen LogP contribution in [0.25, 0.3) is 11.0 Å². The fourth-order valence-electron chi connectivity index (χ4n) is 4.56. The van der Waals surface area contributed by atoms with Crippen molar-refractivity contribution in [2.75, 3.05) is 18.1 Å². The van der Waals surface area contributed by atoms with Crippen molar-refractivity contribution in [1.82, 2.24) is 14.9 Å². The van der Waals surface area contributed by atoms with E-state index in [0.29, 0.717) is 24.4 Å². The highest BCUT2D eigenvalue weighted by Crippen LogP contribution is 2.30. The molecule has 2 aromatic rings. The maximum Gasteiger partial charge on any atom is 0.251 e. The van der Waals surface area contributed by atoms with Crippen LogP contribution in [-0.2, 0) is 9.84 Å². The summed E-state index contributed by atoms with van der Waals surface area (Å²) in [5.41, 5.74) is 7.99. The fourth-order valence-corrected chi connectivity index (χ4v) is 6.26. The molecule has 0 bridgehead atoms. The Kier molecular flexibility index (Phi) is 7.59. The zero-order valence-electron chi connectivity index (χ0n) is 16.3. The van der Waals surface area contributed by atoms with Gasteiger partial charge >= 0.3 is 0 Å².